The molecule has 0 saturated carbocycles. The van der Waals surface area contributed by atoms with Gasteiger partial charge in [-0.3, -0.25) is 4.79 Å². The average Bonchev–Trinajstić information content (AvgIpc) is 2.55. The molecule has 5 nitrogen and oxygen atoms in total. The van der Waals surface area contributed by atoms with E-state index in [0.29, 0.717) is 12.1 Å². The Bertz CT molecular complexity index is 770. The van der Waals surface area contributed by atoms with E-state index >= 15 is 0 Å². The van der Waals surface area contributed by atoms with Crippen molar-refractivity contribution in [2.45, 2.75) is 46.8 Å². The molecule has 0 unspecified atom stereocenters. The second-order valence-electron chi connectivity index (χ2n) is 7.27. The Morgan fingerprint density at radius 3 is 2.08 bits per heavy atom. The summed E-state index contributed by atoms with van der Waals surface area (Å²) >= 11 is 0. The van der Waals surface area contributed by atoms with Gasteiger partial charge in [-0.1, -0.05) is 30.3 Å². The second kappa shape index (κ2) is 8.04. The first kappa shape index (κ1) is 19.5. The van der Waals surface area contributed by atoms with E-state index < -0.39 is 11.7 Å². The molecule has 26 heavy (non-hydrogen) atoms. The molecule has 0 atom stereocenters. The Labute approximate surface area is 154 Å². The monoisotopic (exact) mass is 354 g/mol. The van der Waals surface area contributed by atoms with E-state index in [0.717, 1.165) is 22.4 Å². The van der Waals surface area contributed by atoms with Crippen LogP contribution in [0.15, 0.2) is 42.5 Å². The normalized spacial score (nSPS) is 11.0. The van der Waals surface area contributed by atoms with Crippen molar-refractivity contribution in [1.29, 1.82) is 0 Å². The minimum Gasteiger partial charge on any atom is -0.444 e. The van der Waals surface area contributed by atoms with E-state index in [9.17, 15) is 9.59 Å². The molecule has 0 aliphatic rings. The summed E-state index contributed by atoms with van der Waals surface area (Å²) in [4.78, 5) is 24.1. The van der Waals surface area contributed by atoms with E-state index in [1.807, 2.05) is 65.0 Å². The Hall–Kier alpha value is -2.82. The number of anilines is 1. The Balaban J connectivity index is 1.96. The molecule has 2 N–H and O–H groups in total. The van der Waals surface area contributed by atoms with Gasteiger partial charge >= 0.3 is 6.09 Å². The van der Waals surface area contributed by atoms with Gasteiger partial charge in [-0.15, -0.1) is 0 Å². The number of para-hydroxylation sites is 1. The molecule has 2 aromatic carbocycles. The maximum atomic E-state index is 12.5. The van der Waals surface area contributed by atoms with Crippen LogP contribution >= 0.6 is 0 Å². The molecule has 0 fully saturated rings. The molecule has 2 amide bonds. The number of amides is 2. The van der Waals surface area contributed by atoms with Crippen LogP contribution in [0.1, 0.15) is 47.8 Å². The third kappa shape index (κ3) is 5.62. The van der Waals surface area contributed by atoms with Crippen LogP contribution in [-0.4, -0.2) is 17.6 Å². The molecule has 0 spiro atoms. The molecular weight excluding hydrogens is 328 g/mol. The van der Waals surface area contributed by atoms with E-state index in [1.54, 1.807) is 12.1 Å². The lowest BCUT2D eigenvalue weighted by Gasteiger charge is -2.19. The van der Waals surface area contributed by atoms with E-state index in [2.05, 4.69) is 10.6 Å². The van der Waals surface area contributed by atoms with Gasteiger partial charge in [0.25, 0.3) is 5.91 Å². The van der Waals surface area contributed by atoms with Crippen LogP contribution in [0.4, 0.5) is 10.5 Å². The Kier molecular flexibility index (Phi) is 6.03. The fraction of sp³-hybridized carbons (Fsp3) is 0.333. The number of nitrogens with one attached hydrogen (secondary N) is 2. The topological polar surface area (TPSA) is 67.4 Å². The van der Waals surface area contributed by atoms with Crippen molar-refractivity contribution in [3.05, 3.63) is 64.7 Å². The molecule has 0 aliphatic carbocycles. The van der Waals surface area contributed by atoms with Gasteiger partial charge in [0.2, 0.25) is 0 Å². The third-order valence-electron chi connectivity index (χ3n) is 3.77. The van der Waals surface area contributed by atoms with Crippen LogP contribution in [0.3, 0.4) is 0 Å². The number of aryl methyl sites for hydroxylation is 2. The number of rotatable bonds is 4. The summed E-state index contributed by atoms with van der Waals surface area (Å²) in [7, 11) is 0. The molecule has 0 aromatic heterocycles. The quantitative estimate of drug-likeness (QED) is 0.844. The molecule has 2 aromatic rings. The molecule has 0 radical (unpaired) electrons. The van der Waals surface area contributed by atoms with Crippen LogP contribution in [0.5, 0.6) is 0 Å². The highest BCUT2D eigenvalue weighted by Gasteiger charge is 2.15. The lowest BCUT2D eigenvalue weighted by Crippen LogP contribution is -2.32. The van der Waals surface area contributed by atoms with Gasteiger partial charge in [-0.2, -0.15) is 0 Å². The second-order valence-corrected chi connectivity index (χ2v) is 7.27. The summed E-state index contributed by atoms with van der Waals surface area (Å²) in [6.45, 7) is 9.72. The van der Waals surface area contributed by atoms with Crippen LogP contribution in [0, 0.1) is 13.8 Å². The molecule has 0 aliphatic heterocycles. The lowest BCUT2D eigenvalue weighted by molar-refractivity contribution is 0.0523. The molecule has 0 saturated heterocycles. The van der Waals surface area contributed by atoms with E-state index in [-0.39, 0.29) is 5.91 Å². The molecule has 5 heteroatoms. The minimum absolute atomic E-state index is 0.158. The van der Waals surface area contributed by atoms with Crippen LogP contribution in [0.25, 0.3) is 0 Å². The van der Waals surface area contributed by atoms with Gasteiger partial charge in [0, 0.05) is 17.8 Å². The van der Waals surface area contributed by atoms with Crippen molar-refractivity contribution in [2.24, 2.45) is 0 Å². The molecule has 0 bridgehead atoms. The molecular formula is C21H26N2O3. The van der Waals surface area contributed by atoms with Crippen molar-refractivity contribution in [3.8, 4) is 0 Å². The van der Waals surface area contributed by atoms with Gasteiger partial charge in [0.15, 0.2) is 0 Å². The number of carbonyl (C=O) groups is 2. The highest BCUT2D eigenvalue weighted by atomic mass is 16.6. The first-order valence-electron chi connectivity index (χ1n) is 8.59. The standard InChI is InChI=1S/C21H26N2O3/c1-14-7-6-8-15(2)18(14)23-19(24)17-11-9-16(10-12-17)13-22-20(25)26-21(3,4)5/h6-12H,13H2,1-5H3,(H,22,25)(H,23,24). The van der Waals surface area contributed by atoms with Crippen molar-refractivity contribution < 1.29 is 14.3 Å². The number of alkyl carbamates (subject to hydrolysis) is 1. The maximum Gasteiger partial charge on any atom is 0.407 e. The van der Waals surface area contributed by atoms with Crippen molar-refractivity contribution in [1.82, 2.24) is 5.32 Å². The SMILES string of the molecule is Cc1cccc(C)c1NC(=O)c1ccc(CNC(=O)OC(C)(C)C)cc1. The van der Waals surface area contributed by atoms with E-state index in [4.69, 9.17) is 4.74 Å². The van der Waals surface area contributed by atoms with Crippen molar-refractivity contribution in [3.63, 3.8) is 0 Å². The summed E-state index contributed by atoms with van der Waals surface area (Å²) < 4.78 is 5.20. The van der Waals surface area contributed by atoms with Crippen molar-refractivity contribution in [2.75, 3.05) is 5.32 Å². The zero-order chi connectivity index (χ0) is 19.3. The third-order valence-corrected chi connectivity index (χ3v) is 3.77. The summed E-state index contributed by atoms with van der Waals surface area (Å²) in [6.07, 6.45) is -0.464. The zero-order valence-corrected chi connectivity index (χ0v) is 16.0. The lowest BCUT2D eigenvalue weighted by atomic mass is 10.1. The summed E-state index contributed by atoms with van der Waals surface area (Å²) in [6, 6.07) is 13.0. The minimum atomic E-state index is -0.528. The highest BCUT2D eigenvalue weighted by molar-refractivity contribution is 6.05. The zero-order valence-electron chi connectivity index (χ0n) is 16.0. The number of ether oxygens (including phenoxy) is 1. The van der Waals surface area contributed by atoms with Gasteiger partial charge in [-0.05, 0) is 63.4 Å². The predicted octanol–water partition coefficient (Wildman–Crippen LogP) is 4.58. The van der Waals surface area contributed by atoms with Gasteiger partial charge < -0.3 is 15.4 Å². The van der Waals surface area contributed by atoms with E-state index in [1.165, 1.54) is 0 Å². The number of benzene rings is 2. The fourth-order valence-corrected chi connectivity index (χ4v) is 2.46. The van der Waals surface area contributed by atoms with Crippen LogP contribution in [-0.2, 0) is 11.3 Å². The first-order valence-corrected chi connectivity index (χ1v) is 8.59. The van der Waals surface area contributed by atoms with Gasteiger partial charge in [0.1, 0.15) is 5.60 Å². The summed E-state index contributed by atoms with van der Waals surface area (Å²) in [5.74, 6) is -0.158. The smallest absolute Gasteiger partial charge is 0.407 e. The van der Waals surface area contributed by atoms with Crippen LogP contribution in [0.2, 0.25) is 0 Å². The molecule has 2 rings (SSSR count). The molecule has 138 valence electrons. The molecule has 0 heterocycles. The van der Waals surface area contributed by atoms with Gasteiger partial charge in [0.05, 0.1) is 0 Å². The van der Waals surface area contributed by atoms with Crippen LogP contribution < -0.4 is 10.6 Å². The number of carbonyl (C=O) groups excluding carboxylic acids is 2. The Morgan fingerprint density at radius 1 is 0.962 bits per heavy atom. The summed E-state index contributed by atoms with van der Waals surface area (Å²) in [5.41, 5.74) is 3.81. The maximum absolute atomic E-state index is 12.5. The average molecular weight is 354 g/mol. The van der Waals surface area contributed by atoms with Crippen molar-refractivity contribution >= 4 is 17.7 Å². The first-order chi connectivity index (χ1) is 12.2. The summed E-state index contributed by atoms with van der Waals surface area (Å²) in [5, 5.41) is 5.66. The highest BCUT2D eigenvalue weighted by Crippen LogP contribution is 2.20. The largest absolute Gasteiger partial charge is 0.444 e. The number of hydrogen-bond acceptors (Lipinski definition) is 3. The predicted molar refractivity (Wildman–Crippen MR) is 103 cm³/mol. The number of hydrogen-bond donors (Lipinski definition) is 2. The van der Waals surface area contributed by atoms with Gasteiger partial charge in [-0.25, -0.2) is 4.79 Å². The Morgan fingerprint density at radius 2 is 1.54 bits per heavy atom. The fourth-order valence-electron chi connectivity index (χ4n) is 2.46.